The summed E-state index contributed by atoms with van der Waals surface area (Å²) in [5.74, 6) is 0.963. The number of hydrogen-bond donors (Lipinski definition) is 1. The molecule has 0 saturated heterocycles. The molecular weight excluding hydrogens is 248 g/mol. The van der Waals surface area contributed by atoms with Gasteiger partial charge in [-0.15, -0.1) is 0 Å². The Bertz CT molecular complexity index is 392. The Kier molecular flexibility index (Phi) is 8.67. The zero-order chi connectivity index (χ0) is 14.0. The molecule has 4 heteroatoms. The number of hydrogen-bond acceptors (Lipinski definition) is 2. The fraction of sp³-hybridized carbons (Fsp3) is 0.571. The van der Waals surface area contributed by atoms with Crippen molar-refractivity contribution in [3.8, 4) is 0 Å². The maximum absolute atomic E-state index is 10.4. The third-order valence-electron chi connectivity index (χ3n) is 2.60. The summed E-state index contributed by atoms with van der Waals surface area (Å²) in [5, 5.41) is 0. The topological polar surface area (TPSA) is 54.4 Å². The van der Waals surface area contributed by atoms with Gasteiger partial charge in [0.1, 0.15) is 0 Å². The lowest BCUT2D eigenvalue weighted by Gasteiger charge is -2.05. The van der Waals surface area contributed by atoms with Crippen LogP contribution in [0, 0.1) is 5.92 Å². The molecule has 0 spiro atoms. The SMILES string of the molecule is CCCC(C)CCC.O=S(=O)(O)c1ccccc1. The first-order valence-electron chi connectivity index (χ1n) is 6.44. The molecule has 1 N–H and O–H groups in total. The van der Waals surface area contributed by atoms with Gasteiger partial charge in [-0.05, 0) is 18.1 Å². The molecule has 0 bridgehead atoms. The Morgan fingerprint density at radius 1 is 1.06 bits per heavy atom. The van der Waals surface area contributed by atoms with Crippen LogP contribution in [-0.4, -0.2) is 13.0 Å². The lowest BCUT2D eigenvalue weighted by atomic mass is 10.0. The Morgan fingerprint density at radius 2 is 1.50 bits per heavy atom. The summed E-state index contributed by atoms with van der Waals surface area (Å²) >= 11 is 0. The molecule has 0 heterocycles. The van der Waals surface area contributed by atoms with Gasteiger partial charge in [0.2, 0.25) is 0 Å². The van der Waals surface area contributed by atoms with E-state index in [0.717, 1.165) is 5.92 Å². The zero-order valence-corrected chi connectivity index (χ0v) is 12.3. The molecule has 104 valence electrons. The van der Waals surface area contributed by atoms with Crippen LogP contribution in [-0.2, 0) is 10.1 Å². The molecule has 0 amide bonds. The average molecular weight is 272 g/mol. The molecule has 0 saturated carbocycles. The van der Waals surface area contributed by atoms with Gasteiger partial charge in [0.05, 0.1) is 4.90 Å². The molecule has 0 aliphatic heterocycles. The Labute approximate surface area is 111 Å². The highest BCUT2D eigenvalue weighted by Crippen LogP contribution is 2.10. The van der Waals surface area contributed by atoms with Crippen LogP contribution in [0.4, 0.5) is 0 Å². The highest BCUT2D eigenvalue weighted by molar-refractivity contribution is 7.85. The number of benzene rings is 1. The van der Waals surface area contributed by atoms with Crippen molar-refractivity contribution >= 4 is 10.1 Å². The van der Waals surface area contributed by atoms with Gasteiger partial charge in [-0.25, -0.2) is 0 Å². The van der Waals surface area contributed by atoms with E-state index in [1.54, 1.807) is 18.2 Å². The van der Waals surface area contributed by atoms with Crippen LogP contribution in [0.3, 0.4) is 0 Å². The Hall–Kier alpha value is -0.870. The second-order valence-electron chi connectivity index (χ2n) is 4.47. The molecule has 18 heavy (non-hydrogen) atoms. The summed E-state index contributed by atoms with van der Waals surface area (Å²) in [6.07, 6.45) is 5.52. The van der Waals surface area contributed by atoms with Crippen LogP contribution in [0.15, 0.2) is 35.2 Å². The number of rotatable bonds is 5. The van der Waals surface area contributed by atoms with E-state index in [0.29, 0.717) is 0 Å². The molecule has 1 aromatic carbocycles. The Balaban J connectivity index is 0.000000331. The first kappa shape index (κ1) is 17.1. The summed E-state index contributed by atoms with van der Waals surface area (Å²) in [6, 6.07) is 7.42. The Morgan fingerprint density at radius 3 is 1.78 bits per heavy atom. The summed E-state index contributed by atoms with van der Waals surface area (Å²) in [4.78, 5) is -0.0741. The van der Waals surface area contributed by atoms with E-state index in [-0.39, 0.29) is 4.90 Å². The molecule has 0 aromatic heterocycles. The van der Waals surface area contributed by atoms with Crippen LogP contribution in [0.1, 0.15) is 46.5 Å². The lowest BCUT2D eigenvalue weighted by Crippen LogP contribution is -1.96. The molecule has 0 aliphatic carbocycles. The van der Waals surface area contributed by atoms with Crippen molar-refractivity contribution in [2.24, 2.45) is 5.92 Å². The van der Waals surface area contributed by atoms with Crippen LogP contribution in [0.5, 0.6) is 0 Å². The molecule has 1 aromatic rings. The van der Waals surface area contributed by atoms with E-state index < -0.39 is 10.1 Å². The standard InChI is InChI=1S/C8H18.C6H6O3S/c1-4-6-8(3)7-5-2;7-10(8,9)6-4-2-1-3-5-6/h8H,4-7H2,1-3H3;1-5H,(H,7,8,9). The van der Waals surface area contributed by atoms with Crippen molar-refractivity contribution in [2.75, 3.05) is 0 Å². The van der Waals surface area contributed by atoms with E-state index in [2.05, 4.69) is 20.8 Å². The maximum atomic E-state index is 10.4. The lowest BCUT2D eigenvalue weighted by molar-refractivity contribution is 0.480. The normalized spacial score (nSPS) is 10.9. The van der Waals surface area contributed by atoms with Crippen LogP contribution in [0.2, 0.25) is 0 Å². The maximum Gasteiger partial charge on any atom is 0.294 e. The second-order valence-corrected chi connectivity index (χ2v) is 5.89. The van der Waals surface area contributed by atoms with Gasteiger partial charge in [-0.2, -0.15) is 8.42 Å². The molecule has 0 atom stereocenters. The molecule has 0 unspecified atom stereocenters. The molecule has 0 fully saturated rings. The average Bonchev–Trinajstić information content (AvgIpc) is 2.31. The molecule has 0 aliphatic rings. The summed E-state index contributed by atoms with van der Waals surface area (Å²) in [7, 11) is -4.00. The second kappa shape index (κ2) is 9.11. The van der Waals surface area contributed by atoms with Gasteiger partial charge in [0.25, 0.3) is 10.1 Å². The van der Waals surface area contributed by atoms with Crippen molar-refractivity contribution in [3.63, 3.8) is 0 Å². The minimum atomic E-state index is -4.00. The van der Waals surface area contributed by atoms with Gasteiger partial charge in [-0.1, -0.05) is 64.7 Å². The molecule has 3 nitrogen and oxygen atoms in total. The first-order valence-corrected chi connectivity index (χ1v) is 7.88. The van der Waals surface area contributed by atoms with E-state index in [1.807, 2.05) is 0 Å². The predicted molar refractivity (Wildman–Crippen MR) is 75.2 cm³/mol. The summed E-state index contributed by atoms with van der Waals surface area (Å²) < 4.78 is 29.2. The fourth-order valence-electron chi connectivity index (χ4n) is 1.72. The minimum Gasteiger partial charge on any atom is -0.282 e. The molecule has 1 rings (SSSR count). The highest BCUT2D eigenvalue weighted by atomic mass is 32.2. The van der Waals surface area contributed by atoms with Crippen LogP contribution in [0.25, 0.3) is 0 Å². The van der Waals surface area contributed by atoms with Crippen molar-refractivity contribution in [2.45, 2.75) is 51.3 Å². The quantitative estimate of drug-likeness (QED) is 0.819. The van der Waals surface area contributed by atoms with Gasteiger partial charge >= 0.3 is 0 Å². The van der Waals surface area contributed by atoms with Gasteiger partial charge in [0.15, 0.2) is 0 Å². The van der Waals surface area contributed by atoms with Gasteiger partial charge in [-0.3, -0.25) is 4.55 Å². The van der Waals surface area contributed by atoms with E-state index in [4.69, 9.17) is 4.55 Å². The van der Waals surface area contributed by atoms with Crippen LogP contribution < -0.4 is 0 Å². The van der Waals surface area contributed by atoms with Crippen molar-refractivity contribution in [1.29, 1.82) is 0 Å². The third kappa shape index (κ3) is 8.25. The van der Waals surface area contributed by atoms with Crippen molar-refractivity contribution in [3.05, 3.63) is 30.3 Å². The molecular formula is C14H24O3S. The summed E-state index contributed by atoms with van der Waals surface area (Å²) in [6.45, 7) is 6.85. The summed E-state index contributed by atoms with van der Waals surface area (Å²) in [5.41, 5.74) is 0. The fourth-order valence-corrected chi connectivity index (χ4v) is 2.22. The van der Waals surface area contributed by atoms with E-state index in [9.17, 15) is 8.42 Å². The van der Waals surface area contributed by atoms with E-state index in [1.165, 1.54) is 37.8 Å². The largest absolute Gasteiger partial charge is 0.294 e. The van der Waals surface area contributed by atoms with E-state index >= 15 is 0 Å². The monoisotopic (exact) mass is 272 g/mol. The molecule has 0 radical (unpaired) electrons. The van der Waals surface area contributed by atoms with Crippen molar-refractivity contribution < 1.29 is 13.0 Å². The van der Waals surface area contributed by atoms with Gasteiger partial charge < -0.3 is 0 Å². The van der Waals surface area contributed by atoms with Gasteiger partial charge in [0, 0.05) is 0 Å². The highest BCUT2D eigenvalue weighted by Gasteiger charge is 2.05. The third-order valence-corrected chi connectivity index (χ3v) is 3.47. The smallest absolute Gasteiger partial charge is 0.282 e. The van der Waals surface area contributed by atoms with Crippen LogP contribution >= 0.6 is 0 Å². The predicted octanol–water partition coefficient (Wildman–Crippen LogP) is 4.16. The zero-order valence-electron chi connectivity index (χ0n) is 11.5. The van der Waals surface area contributed by atoms with Crippen molar-refractivity contribution in [1.82, 2.24) is 0 Å². The first-order chi connectivity index (χ1) is 8.41. The minimum absolute atomic E-state index is 0.0741.